The maximum atomic E-state index is 12.4. The normalized spacial score (nSPS) is 11.9. The lowest BCUT2D eigenvalue weighted by atomic mass is 10.0. The Hall–Kier alpha value is -1.56. The van der Waals surface area contributed by atoms with Crippen LogP contribution in [0.3, 0.4) is 0 Å². The molecule has 1 aromatic carbocycles. The van der Waals surface area contributed by atoms with Crippen LogP contribution in [-0.4, -0.2) is 30.1 Å². The van der Waals surface area contributed by atoms with E-state index in [4.69, 9.17) is 5.11 Å². The molecule has 17 heavy (non-hydrogen) atoms. The van der Waals surface area contributed by atoms with Crippen LogP contribution < -0.4 is 0 Å². The Balaban J connectivity index is 3.22. The predicted molar refractivity (Wildman–Crippen MR) is 55.8 cm³/mol. The molecule has 0 fully saturated rings. The SMILES string of the molecule is CN(C)Cc1ccc(C(F)(F)F)cc1C(=O)O. The molecular weight excluding hydrogens is 235 g/mol. The van der Waals surface area contributed by atoms with Crippen LogP contribution in [0.25, 0.3) is 0 Å². The molecule has 0 saturated carbocycles. The highest BCUT2D eigenvalue weighted by atomic mass is 19.4. The summed E-state index contributed by atoms with van der Waals surface area (Å²) in [5.41, 5.74) is -0.901. The van der Waals surface area contributed by atoms with Crippen molar-refractivity contribution in [1.82, 2.24) is 4.90 Å². The van der Waals surface area contributed by atoms with Crippen molar-refractivity contribution in [1.29, 1.82) is 0 Å². The van der Waals surface area contributed by atoms with E-state index < -0.39 is 17.7 Å². The van der Waals surface area contributed by atoms with E-state index in [-0.39, 0.29) is 12.1 Å². The first kappa shape index (κ1) is 13.5. The number of benzene rings is 1. The molecule has 0 aliphatic heterocycles. The van der Waals surface area contributed by atoms with E-state index in [0.717, 1.165) is 6.07 Å². The summed E-state index contributed by atoms with van der Waals surface area (Å²) >= 11 is 0. The molecule has 6 heteroatoms. The summed E-state index contributed by atoms with van der Waals surface area (Å²) in [6.45, 7) is 0.278. The van der Waals surface area contributed by atoms with Gasteiger partial charge in [0.1, 0.15) is 0 Å². The zero-order valence-corrected chi connectivity index (χ0v) is 9.38. The summed E-state index contributed by atoms with van der Waals surface area (Å²) in [5, 5.41) is 8.88. The summed E-state index contributed by atoms with van der Waals surface area (Å²) in [6.07, 6.45) is -4.53. The second-order valence-electron chi connectivity index (χ2n) is 3.91. The van der Waals surface area contributed by atoms with Gasteiger partial charge in [-0.3, -0.25) is 0 Å². The molecule has 94 valence electrons. The summed E-state index contributed by atoms with van der Waals surface area (Å²) in [7, 11) is 3.42. The number of hydrogen-bond donors (Lipinski definition) is 1. The highest BCUT2D eigenvalue weighted by molar-refractivity contribution is 5.89. The quantitative estimate of drug-likeness (QED) is 0.892. The Morgan fingerprint density at radius 3 is 2.35 bits per heavy atom. The van der Waals surface area contributed by atoms with E-state index in [1.165, 1.54) is 6.07 Å². The zero-order chi connectivity index (χ0) is 13.2. The van der Waals surface area contributed by atoms with Crippen LogP contribution in [0.1, 0.15) is 21.5 Å². The predicted octanol–water partition coefficient (Wildman–Crippen LogP) is 2.47. The summed E-state index contributed by atoms with van der Waals surface area (Å²) in [4.78, 5) is 12.6. The van der Waals surface area contributed by atoms with Crippen molar-refractivity contribution in [2.75, 3.05) is 14.1 Å². The molecule has 1 aromatic rings. The maximum Gasteiger partial charge on any atom is 0.416 e. The lowest BCUT2D eigenvalue weighted by Crippen LogP contribution is -2.15. The average Bonchev–Trinajstić information content (AvgIpc) is 2.15. The molecule has 0 radical (unpaired) electrons. The number of carbonyl (C=O) groups is 1. The third-order valence-corrected chi connectivity index (χ3v) is 2.15. The van der Waals surface area contributed by atoms with E-state index >= 15 is 0 Å². The molecule has 0 aliphatic carbocycles. The molecule has 0 aliphatic rings. The first-order valence-corrected chi connectivity index (χ1v) is 4.80. The minimum absolute atomic E-state index is 0.278. The van der Waals surface area contributed by atoms with Crippen LogP contribution in [0.5, 0.6) is 0 Å². The van der Waals surface area contributed by atoms with E-state index in [0.29, 0.717) is 11.6 Å². The maximum absolute atomic E-state index is 12.4. The van der Waals surface area contributed by atoms with Crippen LogP contribution in [0.15, 0.2) is 18.2 Å². The third-order valence-electron chi connectivity index (χ3n) is 2.15. The van der Waals surface area contributed by atoms with Crippen LogP contribution >= 0.6 is 0 Å². The Kier molecular flexibility index (Phi) is 3.77. The fourth-order valence-electron chi connectivity index (χ4n) is 1.43. The molecule has 0 spiro atoms. The van der Waals surface area contributed by atoms with Gasteiger partial charge >= 0.3 is 12.1 Å². The van der Waals surface area contributed by atoms with E-state index in [1.54, 1.807) is 19.0 Å². The van der Waals surface area contributed by atoms with Gasteiger partial charge in [-0.25, -0.2) is 4.79 Å². The number of carboxylic acids is 1. The lowest BCUT2D eigenvalue weighted by Gasteiger charge is -2.14. The van der Waals surface area contributed by atoms with Crippen molar-refractivity contribution in [3.63, 3.8) is 0 Å². The van der Waals surface area contributed by atoms with Gasteiger partial charge in [-0.2, -0.15) is 13.2 Å². The fourth-order valence-corrected chi connectivity index (χ4v) is 1.43. The highest BCUT2D eigenvalue weighted by Crippen LogP contribution is 2.30. The molecule has 0 bridgehead atoms. The topological polar surface area (TPSA) is 40.5 Å². The Bertz CT molecular complexity index is 427. The number of carboxylic acid groups (broad SMARTS) is 1. The first-order valence-electron chi connectivity index (χ1n) is 4.80. The van der Waals surface area contributed by atoms with Crippen LogP contribution in [0.4, 0.5) is 13.2 Å². The monoisotopic (exact) mass is 247 g/mol. The number of halogens is 3. The standard InChI is InChI=1S/C11H12F3NO2/c1-15(2)6-7-3-4-8(11(12,13)14)5-9(7)10(16)17/h3-5H,6H2,1-2H3,(H,16,17). The molecular formula is C11H12F3NO2. The molecule has 3 nitrogen and oxygen atoms in total. The molecule has 0 amide bonds. The van der Waals surface area contributed by atoms with Gasteiger partial charge < -0.3 is 10.0 Å². The van der Waals surface area contributed by atoms with Gasteiger partial charge in [0.15, 0.2) is 0 Å². The minimum atomic E-state index is -4.53. The number of rotatable bonds is 3. The van der Waals surface area contributed by atoms with Crippen molar-refractivity contribution in [3.05, 3.63) is 34.9 Å². The highest BCUT2D eigenvalue weighted by Gasteiger charge is 2.31. The second-order valence-corrected chi connectivity index (χ2v) is 3.91. The number of nitrogens with zero attached hydrogens (tertiary/aromatic N) is 1. The Morgan fingerprint density at radius 1 is 1.35 bits per heavy atom. The van der Waals surface area contributed by atoms with Gasteiger partial charge in [-0.1, -0.05) is 6.07 Å². The molecule has 1 rings (SSSR count). The molecule has 1 N–H and O–H groups in total. The van der Waals surface area contributed by atoms with Crippen LogP contribution in [0, 0.1) is 0 Å². The van der Waals surface area contributed by atoms with Gasteiger partial charge in [0.2, 0.25) is 0 Å². The molecule has 0 atom stereocenters. The second kappa shape index (κ2) is 4.75. The molecule has 0 unspecified atom stereocenters. The molecule has 0 saturated heterocycles. The van der Waals surface area contributed by atoms with E-state index in [9.17, 15) is 18.0 Å². The first-order chi connectivity index (χ1) is 7.71. The largest absolute Gasteiger partial charge is 0.478 e. The van der Waals surface area contributed by atoms with Gasteiger partial charge in [-0.15, -0.1) is 0 Å². The molecule has 0 aromatic heterocycles. The van der Waals surface area contributed by atoms with E-state index in [2.05, 4.69) is 0 Å². The summed E-state index contributed by atoms with van der Waals surface area (Å²) in [6, 6.07) is 2.76. The fraction of sp³-hybridized carbons (Fsp3) is 0.364. The minimum Gasteiger partial charge on any atom is -0.478 e. The smallest absolute Gasteiger partial charge is 0.416 e. The average molecular weight is 247 g/mol. The van der Waals surface area contributed by atoms with Crippen LogP contribution in [0.2, 0.25) is 0 Å². The van der Waals surface area contributed by atoms with Crippen molar-refractivity contribution in [2.24, 2.45) is 0 Å². The van der Waals surface area contributed by atoms with Gasteiger partial charge in [0, 0.05) is 6.54 Å². The summed E-state index contributed by atoms with van der Waals surface area (Å²) < 4.78 is 37.3. The van der Waals surface area contributed by atoms with Gasteiger partial charge in [0.05, 0.1) is 11.1 Å². The lowest BCUT2D eigenvalue weighted by molar-refractivity contribution is -0.137. The summed E-state index contributed by atoms with van der Waals surface area (Å²) in [5.74, 6) is -1.35. The van der Waals surface area contributed by atoms with Crippen molar-refractivity contribution in [2.45, 2.75) is 12.7 Å². The Morgan fingerprint density at radius 2 is 1.94 bits per heavy atom. The number of alkyl halides is 3. The van der Waals surface area contributed by atoms with Crippen molar-refractivity contribution >= 4 is 5.97 Å². The number of aromatic carboxylic acids is 1. The van der Waals surface area contributed by atoms with Crippen molar-refractivity contribution in [3.8, 4) is 0 Å². The third kappa shape index (κ3) is 3.45. The zero-order valence-electron chi connectivity index (χ0n) is 9.38. The van der Waals surface area contributed by atoms with Gasteiger partial charge in [0.25, 0.3) is 0 Å². The molecule has 0 heterocycles. The van der Waals surface area contributed by atoms with Crippen molar-refractivity contribution < 1.29 is 23.1 Å². The van der Waals surface area contributed by atoms with Crippen LogP contribution in [-0.2, 0) is 12.7 Å². The van der Waals surface area contributed by atoms with Gasteiger partial charge in [-0.05, 0) is 31.8 Å². The van der Waals surface area contributed by atoms with E-state index in [1.807, 2.05) is 0 Å². The Labute approximate surface area is 96.5 Å². The number of hydrogen-bond acceptors (Lipinski definition) is 2.